The van der Waals surface area contributed by atoms with Crippen molar-refractivity contribution in [2.24, 2.45) is 0 Å². The summed E-state index contributed by atoms with van der Waals surface area (Å²) in [7, 11) is 0.859. The first kappa shape index (κ1) is 13.3. The molecule has 0 aliphatic rings. The van der Waals surface area contributed by atoms with Gasteiger partial charge in [-0.05, 0) is 19.1 Å². The van der Waals surface area contributed by atoms with Gasteiger partial charge in [-0.25, -0.2) is 4.79 Å². The van der Waals surface area contributed by atoms with Gasteiger partial charge in [-0.15, -0.1) is 0 Å². The second-order valence-electron chi connectivity index (χ2n) is 3.26. The predicted molar refractivity (Wildman–Crippen MR) is 56.9 cm³/mol. The van der Waals surface area contributed by atoms with Gasteiger partial charge < -0.3 is 4.74 Å². The molecule has 0 saturated carbocycles. The maximum atomic E-state index is 12.5. The highest BCUT2D eigenvalue weighted by molar-refractivity contribution is 5.95. The van der Waals surface area contributed by atoms with E-state index in [0.29, 0.717) is 0 Å². The fraction of sp³-hybridized carbons (Fsp3) is 0.364. The van der Waals surface area contributed by atoms with E-state index in [1.54, 1.807) is 6.92 Å². The number of carbonyl (C=O) groups is 1. The third-order valence-corrected chi connectivity index (χ3v) is 2.14. The minimum absolute atomic E-state index is 0.0826. The van der Waals surface area contributed by atoms with E-state index in [4.69, 9.17) is 4.74 Å². The van der Waals surface area contributed by atoms with Gasteiger partial charge in [0.2, 0.25) is 0 Å². The quantitative estimate of drug-likeness (QED) is 0.607. The van der Waals surface area contributed by atoms with Crippen LogP contribution in [0.2, 0.25) is 0 Å². The molecule has 0 heterocycles. The Hall–Kier alpha value is -1.72. The van der Waals surface area contributed by atoms with Crippen molar-refractivity contribution in [3.8, 4) is 0 Å². The van der Waals surface area contributed by atoms with Crippen LogP contribution in [0.5, 0.6) is 0 Å². The Morgan fingerprint density at radius 1 is 1.35 bits per heavy atom. The van der Waals surface area contributed by atoms with Crippen molar-refractivity contribution in [2.75, 3.05) is 18.6 Å². The predicted octanol–water partition coefficient (Wildman–Crippen LogP) is 2.82. The first-order chi connectivity index (χ1) is 7.88. The number of nitrogens with zero attached hydrogens (tertiary/aromatic N) is 1. The van der Waals surface area contributed by atoms with Crippen LogP contribution in [0.3, 0.4) is 0 Å². The topological polar surface area (TPSA) is 29.5 Å². The van der Waals surface area contributed by atoms with Gasteiger partial charge >= 0.3 is 12.3 Å². The third-order valence-electron chi connectivity index (χ3n) is 2.14. The van der Waals surface area contributed by atoms with Crippen LogP contribution in [0.1, 0.15) is 17.3 Å². The molecule has 1 aromatic carbocycles. The molecule has 6 heteroatoms. The number of esters is 1. The summed E-state index contributed by atoms with van der Waals surface area (Å²) in [5.41, 5.74) is -0.326. The zero-order valence-corrected chi connectivity index (χ0v) is 9.41. The summed E-state index contributed by atoms with van der Waals surface area (Å²) < 4.78 is 42.3. The van der Waals surface area contributed by atoms with Crippen LogP contribution in [0.15, 0.2) is 24.3 Å². The summed E-state index contributed by atoms with van der Waals surface area (Å²) in [6, 6.07) is 5.44. The highest BCUT2D eigenvalue weighted by atomic mass is 19.4. The molecular formula is C11H12F3NO2. The highest BCUT2D eigenvalue weighted by Crippen LogP contribution is 2.29. The fourth-order valence-corrected chi connectivity index (χ4v) is 1.28. The third kappa shape index (κ3) is 3.12. The van der Waals surface area contributed by atoms with Crippen LogP contribution < -0.4 is 4.90 Å². The van der Waals surface area contributed by atoms with Gasteiger partial charge in [-0.2, -0.15) is 13.2 Å². The Morgan fingerprint density at radius 3 is 2.47 bits per heavy atom. The SMILES string of the molecule is CCOC(=O)c1ccccc1N(C)C(F)(F)F. The Labute approximate surface area is 96.8 Å². The fourth-order valence-electron chi connectivity index (χ4n) is 1.28. The van der Waals surface area contributed by atoms with Crippen molar-refractivity contribution in [1.82, 2.24) is 0 Å². The van der Waals surface area contributed by atoms with Crippen LogP contribution in [-0.4, -0.2) is 25.9 Å². The zero-order chi connectivity index (χ0) is 13.1. The lowest BCUT2D eigenvalue weighted by Crippen LogP contribution is -2.35. The van der Waals surface area contributed by atoms with E-state index in [9.17, 15) is 18.0 Å². The highest BCUT2D eigenvalue weighted by Gasteiger charge is 2.36. The van der Waals surface area contributed by atoms with Gasteiger partial charge in [-0.3, -0.25) is 4.90 Å². The van der Waals surface area contributed by atoms with Crippen molar-refractivity contribution in [1.29, 1.82) is 0 Å². The number of hydrogen-bond acceptors (Lipinski definition) is 3. The molecule has 0 atom stereocenters. The molecule has 3 nitrogen and oxygen atoms in total. The first-order valence-electron chi connectivity index (χ1n) is 4.94. The molecule has 0 aromatic heterocycles. The van der Waals surface area contributed by atoms with Gasteiger partial charge in [0.05, 0.1) is 17.9 Å². The molecule has 0 aliphatic carbocycles. The van der Waals surface area contributed by atoms with Crippen LogP contribution in [-0.2, 0) is 4.74 Å². The molecule has 0 amide bonds. The number of ether oxygens (including phenoxy) is 1. The number of halogens is 3. The van der Waals surface area contributed by atoms with E-state index in [-0.39, 0.29) is 22.8 Å². The molecule has 94 valence electrons. The van der Waals surface area contributed by atoms with E-state index >= 15 is 0 Å². The van der Waals surface area contributed by atoms with Crippen molar-refractivity contribution >= 4 is 11.7 Å². The summed E-state index contributed by atoms with van der Waals surface area (Å²) in [6.45, 7) is 1.71. The second-order valence-corrected chi connectivity index (χ2v) is 3.26. The van der Waals surface area contributed by atoms with E-state index in [0.717, 1.165) is 7.05 Å². The lowest BCUT2D eigenvalue weighted by molar-refractivity contribution is -0.125. The number of rotatable bonds is 3. The molecule has 1 rings (SSSR count). The molecule has 0 spiro atoms. The molecule has 0 saturated heterocycles. The van der Waals surface area contributed by atoms with Crippen molar-refractivity contribution in [2.45, 2.75) is 13.2 Å². The van der Waals surface area contributed by atoms with Crippen LogP contribution in [0.4, 0.5) is 18.9 Å². The number of anilines is 1. The monoisotopic (exact) mass is 247 g/mol. The normalized spacial score (nSPS) is 11.1. The minimum Gasteiger partial charge on any atom is -0.462 e. The Balaban J connectivity index is 3.12. The summed E-state index contributed by atoms with van der Waals surface area (Å²) in [6.07, 6.45) is -4.54. The van der Waals surface area contributed by atoms with E-state index in [1.165, 1.54) is 24.3 Å². The average Bonchev–Trinajstić information content (AvgIpc) is 2.27. The summed E-state index contributed by atoms with van der Waals surface area (Å²) in [4.78, 5) is 11.6. The van der Waals surface area contributed by atoms with Crippen LogP contribution in [0, 0.1) is 0 Å². The van der Waals surface area contributed by atoms with Crippen molar-refractivity contribution in [3.05, 3.63) is 29.8 Å². The number of alkyl halides is 3. The first-order valence-corrected chi connectivity index (χ1v) is 4.94. The van der Waals surface area contributed by atoms with Gasteiger partial charge in [0, 0.05) is 7.05 Å². The molecule has 1 aromatic rings. The maximum Gasteiger partial charge on any atom is 0.484 e. The number of hydrogen-bond donors (Lipinski definition) is 0. The largest absolute Gasteiger partial charge is 0.484 e. The Bertz CT molecular complexity index is 404. The molecule has 0 N–H and O–H groups in total. The molecule has 0 radical (unpaired) electrons. The minimum atomic E-state index is -4.54. The van der Waals surface area contributed by atoms with Crippen LogP contribution >= 0.6 is 0 Å². The summed E-state index contributed by atoms with van der Waals surface area (Å²) in [5.74, 6) is -0.765. The van der Waals surface area contributed by atoms with Crippen LogP contribution in [0.25, 0.3) is 0 Å². The lowest BCUT2D eigenvalue weighted by Gasteiger charge is -2.23. The Morgan fingerprint density at radius 2 is 1.94 bits per heavy atom. The standard InChI is InChI=1S/C11H12F3NO2/c1-3-17-10(16)8-6-4-5-7-9(8)15(2)11(12,13)14/h4-7H,3H2,1-2H3. The average molecular weight is 247 g/mol. The number of para-hydroxylation sites is 1. The van der Waals surface area contributed by atoms with Crippen molar-refractivity contribution < 1.29 is 22.7 Å². The van der Waals surface area contributed by atoms with Gasteiger partial charge in [0.15, 0.2) is 0 Å². The van der Waals surface area contributed by atoms with E-state index < -0.39 is 12.3 Å². The second kappa shape index (κ2) is 5.07. The number of benzene rings is 1. The smallest absolute Gasteiger partial charge is 0.462 e. The summed E-state index contributed by atoms with van der Waals surface area (Å²) in [5, 5.41) is 0. The molecule has 0 fully saturated rings. The van der Waals surface area contributed by atoms with Crippen molar-refractivity contribution in [3.63, 3.8) is 0 Å². The molecular weight excluding hydrogens is 235 g/mol. The van der Waals surface area contributed by atoms with E-state index in [2.05, 4.69) is 0 Å². The van der Waals surface area contributed by atoms with Gasteiger partial charge in [0.25, 0.3) is 0 Å². The zero-order valence-electron chi connectivity index (χ0n) is 9.41. The summed E-state index contributed by atoms with van der Waals surface area (Å²) >= 11 is 0. The molecule has 0 unspecified atom stereocenters. The Kier molecular flexibility index (Phi) is 3.98. The van der Waals surface area contributed by atoms with Gasteiger partial charge in [-0.1, -0.05) is 12.1 Å². The lowest BCUT2D eigenvalue weighted by atomic mass is 10.1. The van der Waals surface area contributed by atoms with E-state index in [1.807, 2.05) is 0 Å². The number of carbonyl (C=O) groups excluding carboxylic acids is 1. The maximum absolute atomic E-state index is 12.5. The molecule has 17 heavy (non-hydrogen) atoms. The van der Waals surface area contributed by atoms with Gasteiger partial charge in [0.1, 0.15) is 0 Å². The molecule has 0 bridgehead atoms. The molecule has 0 aliphatic heterocycles.